The van der Waals surface area contributed by atoms with E-state index in [9.17, 15) is 14.4 Å². The maximum absolute atomic E-state index is 11.5. The predicted octanol–water partition coefficient (Wildman–Crippen LogP) is 1.96. The van der Waals surface area contributed by atoms with Gasteiger partial charge in [0.2, 0.25) is 0 Å². The molecule has 1 aromatic rings. The molecule has 1 aliphatic heterocycles. The molecule has 0 aliphatic carbocycles. The highest BCUT2D eigenvalue weighted by atomic mass is 16.6. The molecule has 0 fully saturated rings. The van der Waals surface area contributed by atoms with Gasteiger partial charge in [-0.1, -0.05) is 18.2 Å². The minimum atomic E-state index is -0.637. The Balaban J connectivity index is 2.14. The van der Waals surface area contributed by atoms with Crippen LogP contribution in [-0.2, 0) is 28.5 Å². The lowest BCUT2D eigenvalue weighted by Crippen LogP contribution is -2.39. The van der Waals surface area contributed by atoms with E-state index in [-0.39, 0.29) is 6.61 Å². The van der Waals surface area contributed by atoms with Gasteiger partial charge in [-0.15, -0.1) is 0 Å². The van der Waals surface area contributed by atoms with Crippen molar-refractivity contribution in [3.8, 4) is 0 Å². The van der Waals surface area contributed by atoms with E-state index < -0.39 is 36.2 Å². The van der Waals surface area contributed by atoms with Gasteiger partial charge in [-0.3, -0.25) is 9.59 Å². The van der Waals surface area contributed by atoms with Gasteiger partial charge in [0.25, 0.3) is 0 Å². The van der Waals surface area contributed by atoms with E-state index in [1.807, 2.05) is 0 Å². The van der Waals surface area contributed by atoms with E-state index in [0.717, 1.165) is 5.56 Å². The molecule has 0 unspecified atom stereocenters. The zero-order chi connectivity index (χ0) is 18.4. The quantitative estimate of drug-likeness (QED) is 0.456. The van der Waals surface area contributed by atoms with Crippen molar-refractivity contribution in [1.82, 2.24) is 0 Å². The van der Waals surface area contributed by atoms with Crippen LogP contribution in [0.4, 0.5) is 0 Å². The average molecular weight is 348 g/mol. The first-order valence-electron chi connectivity index (χ1n) is 7.73. The molecule has 7 heteroatoms. The van der Waals surface area contributed by atoms with Crippen LogP contribution in [0.15, 0.2) is 36.4 Å². The van der Waals surface area contributed by atoms with Crippen LogP contribution >= 0.6 is 0 Å². The molecule has 0 spiro atoms. The van der Waals surface area contributed by atoms with Crippen molar-refractivity contribution in [2.45, 2.75) is 32.2 Å². The van der Waals surface area contributed by atoms with Crippen LogP contribution in [0, 0.1) is 0 Å². The average Bonchev–Trinajstić information content (AvgIpc) is 2.59. The number of carbonyl (C=O) groups is 3. The minimum absolute atomic E-state index is 0.0334. The smallest absolute Gasteiger partial charge is 0.337 e. The largest absolute Gasteiger partial charge is 0.465 e. The summed E-state index contributed by atoms with van der Waals surface area (Å²) in [4.78, 5) is 33.7. The number of hydrogen-bond donors (Lipinski definition) is 0. The number of hydrogen-bond acceptors (Lipinski definition) is 7. The molecule has 0 amide bonds. The van der Waals surface area contributed by atoms with Crippen molar-refractivity contribution in [2.75, 3.05) is 13.7 Å². The summed E-state index contributed by atoms with van der Waals surface area (Å²) in [6, 6.07) is 6.77. The Morgan fingerprint density at radius 1 is 1.04 bits per heavy atom. The molecule has 7 nitrogen and oxygen atoms in total. The topological polar surface area (TPSA) is 88.1 Å². The molecular weight excluding hydrogens is 328 g/mol. The van der Waals surface area contributed by atoms with Gasteiger partial charge in [0.15, 0.2) is 0 Å². The van der Waals surface area contributed by atoms with Crippen molar-refractivity contribution in [3.05, 3.63) is 47.5 Å². The summed E-state index contributed by atoms with van der Waals surface area (Å²) < 4.78 is 20.7. The summed E-state index contributed by atoms with van der Waals surface area (Å²) in [6.07, 6.45) is 1.78. The molecule has 0 saturated carbocycles. The molecule has 1 aromatic carbocycles. The summed E-state index contributed by atoms with van der Waals surface area (Å²) in [5.41, 5.74) is 1.23. The first-order valence-corrected chi connectivity index (χ1v) is 7.73. The number of methoxy groups -OCH3 is 1. The Labute approximate surface area is 145 Å². The van der Waals surface area contributed by atoms with Gasteiger partial charge in [-0.2, -0.15) is 0 Å². The Hall–Kier alpha value is -2.67. The molecule has 0 bridgehead atoms. The summed E-state index contributed by atoms with van der Waals surface area (Å²) in [7, 11) is 1.32. The molecule has 0 saturated heterocycles. The minimum Gasteiger partial charge on any atom is -0.465 e. The third-order valence-electron chi connectivity index (χ3n) is 3.58. The number of esters is 3. The highest BCUT2D eigenvalue weighted by Gasteiger charge is 2.31. The Morgan fingerprint density at radius 3 is 2.28 bits per heavy atom. The van der Waals surface area contributed by atoms with E-state index in [0.29, 0.717) is 5.56 Å². The Bertz CT molecular complexity index is 663. The molecule has 1 heterocycles. The standard InChI is InChI=1S/C18H20O7/c1-11(19)23-10-17-16(24-12(2)20)9-8-15(25-17)13-4-6-14(7-5-13)18(21)22-3/h4-9,15-17H,10H2,1-3H3/t15-,16-,17+/m0/s1. The molecule has 0 aromatic heterocycles. The van der Waals surface area contributed by atoms with E-state index in [1.165, 1.54) is 21.0 Å². The molecule has 1 aliphatic rings. The van der Waals surface area contributed by atoms with Crippen LogP contribution in [0.2, 0.25) is 0 Å². The fourth-order valence-corrected chi connectivity index (χ4v) is 2.40. The van der Waals surface area contributed by atoms with Gasteiger partial charge in [-0.25, -0.2) is 4.79 Å². The summed E-state index contributed by atoms with van der Waals surface area (Å²) in [5.74, 6) is -1.32. The fraction of sp³-hybridized carbons (Fsp3) is 0.389. The van der Waals surface area contributed by atoms with Gasteiger partial charge in [0, 0.05) is 13.8 Å². The second-order valence-electron chi connectivity index (χ2n) is 5.47. The summed E-state index contributed by atoms with van der Waals surface area (Å²) >= 11 is 0. The number of ether oxygens (including phenoxy) is 4. The molecule has 134 valence electrons. The molecule has 0 radical (unpaired) electrons. The van der Waals surface area contributed by atoms with Crippen LogP contribution in [0.3, 0.4) is 0 Å². The number of rotatable bonds is 5. The molecule has 2 rings (SSSR count). The highest BCUT2D eigenvalue weighted by Crippen LogP contribution is 2.28. The van der Waals surface area contributed by atoms with Gasteiger partial charge in [0.05, 0.1) is 12.7 Å². The van der Waals surface area contributed by atoms with Crippen LogP contribution in [0.25, 0.3) is 0 Å². The SMILES string of the molecule is COC(=O)c1ccc([C@@H]2C=C[C@H](OC(C)=O)[C@@H](COC(C)=O)O2)cc1. The van der Waals surface area contributed by atoms with Crippen LogP contribution in [0.5, 0.6) is 0 Å². The van der Waals surface area contributed by atoms with Crippen molar-refractivity contribution >= 4 is 17.9 Å². The summed E-state index contributed by atoms with van der Waals surface area (Å²) in [5, 5.41) is 0. The number of carbonyl (C=O) groups excluding carboxylic acids is 3. The molecular formula is C18H20O7. The van der Waals surface area contributed by atoms with Gasteiger partial charge in [0.1, 0.15) is 24.9 Å². The monoisotopic (exact) mass is 348 g/mol. The van der Waals surface area contributed by atoms with E-state index in [2.05, 4.69) is 4.74 Å². The fourth-order valence-electron chi connectivity index (χ4n) is 2.40. The van der Waals surface area contributed by atoms with Crippen LogP contribution < -0.4 is 0 Å². The van der Waals surface area contributed by atoms with E-state index in [1.54, 1.807) is 36.4 Å². The van der Waals surface area contributed by atoms with Gasteiger partial charge >= 0.3 is 17.9 Å². The lowest BCUT2D eigenvalue weighted by atomic mass is 10.0. The van der Waals surface area contributed by atoms with E-state index >= 15 is 0 Å². The zero-order valence-electron chi connectivity index (χ0n) is 14.3. The molecule has 0 N–H and O–H groups in total. The maximum atomic E-state index is 11.5. The predicted molar refractivity (Wildman–Crippen MR) is 86.7 cm³/mol. The Morgan fingerprint density at radius 2 is 1.72 bits per heavy atom. The zero-order valence-corrected chi connectivity index (χ0v) is 14.3. The van der Waals surface area contributed by atoms with Crippen molar-refractivity contribution in [2.24, 2.45) is 0 Å². The third kappa shape index (κ3) is 5.15. The lowest BCUT2D eigenvalue weighted by Gasteiger charge is -2.31. The number of benzene rings is 1. The Kier molecular flexibility index (Phi) is 6.30. The summed E-state index contributed by atoms with van der Waals surface area (Å²) in [6.45, 7) is 2.56. The molecule has 25 heavy (non-hydrogen) atoms. The third-order valence-corrected chi connectivity index (χ3v) is 3.58. The van der Waals surface area contributed by atoms with E-state index in [4.69, 9.17) is 14.2 Å². The lowest BCUT2D eigenvalue weighted by molar-refractivity contribution is -0.163. The van der Waals surface area contributed by atoms with Crippen LogP contribution in [-0.4, -0.2) is 43.8 Å². The van der Waals surface area contributed by atoms with Crippen molar-refractivity contribution in [3.63, 3.8) is 0 Å². The second-order valence-corrected chi connectivity index (χ2v) is 5.47. The maximum Gasteiger partial charge on any atom is 0.337 e. The first-order chi connectivity index (χ1) is 11.9. The van der Waals surface area contributed by atoms with Gasteiger partial charge < -0.3 is 18.9 Å². The normalized spacial score (nSPS) is 22.1. The van der Waals surface area contributed by atoms with Crippen molar-refractivity contribution < 1.29 is 33.3 Å². The van der Waals surface area contributed by atoms with Crippen molar-refractivity contribution in [1.29, 1.82) is 0 Å². The highest BCUT2D eigenvalue weighted by molar-refractivity contribution is 5.89. The first kappa shape index (κ1) is 18.7. The van der Waals surface area contributed by atoms with Gasteiger partial charge in [-0.05, 0) is 23.8 Å². The second kappa shape index (κ2) is 8.43. The van der Waals surface area contributed by atoms with Crippen LogP contribution in [0.1, 0.15) is 35.9 Å². The molecule has 3 atom stereocenters.